The predicted octanol–water partition coefficient (Wildman–Crippen LogP) is 2.98. The molecule has 2 heterocycles. The Labute approximate surface area is 110 Å². The average Bonchev–Trinajstić information content (AvgIpc) is 2.94. The van der Waals surface area contributed by atoms with Crippen LogP contribution in [0.3, 0.4) is 0 Å². The number of hydrogen-bond donors (Lipinski definition) is 0. The molecule has 4 heteroatoms. The molecule has 0 amide bonds. The first-order chi connectivity index (χ1) is 7.76. The summed E-state index contributed by atoms with van der Waals surface area (Å²) in [6.07, 6.45) is 12.1. The van der Waals surface area contributed by atoms with Crippen molar-refractivity contribution in [2.24, 2.45) is 0 Å². The van der Waals surface area contributed by atoms with Gasteiger partial charge >= 0.3 is 0 Å². The second-order valence-electron chi connectivity index (χ2n) is 5.05. The van der Waals surface area contributed by atoms with Crippen molar-refractivity contribution >= 4 is 22.6 Å². The highest BCUT2D eigenvalue weighted by molar-refractivity contribution is 14.1. The van der Waals surface area contributed by atoms with E-state index in [2.05, 4.69) is 33.9 Å². The first-order valence-corrected chi connectivity index (χ1v) is 7.19. The molecule has 0 bridgehead atoms. The fourth-order valence-electron chi connectivity index (χ4n) is 3.06. The Morgan fingerprint density at radius 1 is 1.44 bits per heavy atom. The van der Waals surface area contributed by atoms with Crippen LogP contribution in [0.25, 0.3) is 0 Å². The summed E-state index contributed by atoms with van der Waals surface area (Å²) < 4.78 is 9.47. The third-order valence-electron chi connectivity index (χ3n) is 3.85. The minimum atomic E-state index is 0.255. The van der Waals surface area contributed by atoms with E-state index in [1.165, 1.54) is 42.1 Å². The first-order valence-electron chi connectivity index (χ1n) is 6.12. The lowest BCUT2D eigenvalue weighted by molar-refractivity contribution is -0.0429. The first kappa shape index (κ1) is 11.0. The Morgan fingerprint density at radius 2 is 2.25 bits per heavy atom. The van der Waals surface area contributed by atoms with Crippen LogP contribution in [0.4, 0.5) is 0 Å². The summed E-state index contributed by atoms with van der Waals surface area (Å²) in [5, 5.41) is 4.32. The summed E-state index contributed by atoms with van der Waals surface area (Å²) in [4.78, 5) is 0. The van der Waals surface area contributed by atoms with E-state index in [4.69, 9.17) is 4.74 Å². The van der Waals surface area contributed by atoms with Gasteiger partial charge < -0.3 is 4.74 Å². The van der Waals surface area contributed by atoms with Crippen LogP contribution in [0.5, 0.6) is 0 Å². The van der Waals surface area contributed by atoms with Crippen molar-refractivity contribution in [2.75, 3.05) is 0 Å². The van der Waals surface area contributed by atoms with Gasteiger partial charge in [0, 0.05) is 6.20 Å². The fraction of sp³-hybridized carbons (Fsp3) is 0.750. The highest BCUT2D eigenvalue weighted by Gasteiger charge is 2.42. The smallest absolute Gasteiger partial charge is 0.0779 e. The second-order valence-corrected chi connectivity index (χ2v) is 6.29. The van der Waals surface area contributed by atoms with E-state index in [-0.39, 0.29) is 5.60 Å². The molecule has 2 fully saturated rings. The number of nitrogens with zero attached hydrogens (tertiary/aromatic N) is 2. The SMILES string of the molecule is Ic1cnn(CC2CCC3(CCCC3)O2)c1. The Balaban J connectivity index is 1.61. The van der Waals surface area contributed by atoms with E-state index in [0.717, 1.165) is 6.54 Å². The summed E-state index contributed by atoms with van der Waals surface area (Å²) in [5.74, 6) is 0. The maximum absolute atomic E-state index is 6.26. The molecule has 1 aliphatic carbocycles. The van der Waals surface area contributed by atoms with Gasteiger partial charge in [-0.05, 0) is 48.3 Å². The lowest BCUT2D eigenvalue weighted by Crippen LogP contribution is -2.26. The Kier molecular flexibility index (Phi) is 2.96. The summed E-state index contributed by atoms with van der Waals surface area (Å²) in [6.45, 7) is 0.921. The van der Waals surface area contributed by atoms with Gasteiger partial charge in [0.1, 0.15) is 0 Å². The van der Waals surface area contributed by atoms with Crippen molar-refractivity contribution in [1.82, 2.24) is 9.78 Å². The van der Waals surface area contributed by atoms with Gasteiger partial charge in [0.15, 0.2) is 0 Å². The van der Waals surface area contributed by atoms with Crippen LogP contribution >= 0.6 is 22.6 Å². The molecule has 1 spiro atoms. The highest BCUT2D eigenvalue weighted by Crippen LogP contribution is 2.43. The van der Waals surface area contributed by atoms with Crippen molar-refractivity contribution in [3.63, 3.8) is 0 Å². The van der Waals surface area contributed by atoms with E-state index < -0.39 is 0 Å². The van der Waals surface area contributed by atoms with Crippen LogP contribution in [0.1, 0.15) is 38.5 Å². The van der Waals surface area contributed by atoms with E-state index >= 15 is 0 Å². The van der Waals surface area contributed by atoms with Crippen LogP contribution in [0.2, 0.25) is 0 Å². The second kappa shape index (κ2) is 4.29. The average molecular weight is 332 g/mol. The van der Waals surface area contributed by atoms with Crippen molar-refractivity contribution in [1.29, 1.82) is 0 Å². The minimum Gasteiger partial charge on any atom is -0.370 e. The molecule has 3 rings (SSSR count). The van der Waals surface area contributed by atoms with Gasteiger partial charge in [-0.25, -0.2) is 0 Å². The Hall–Kier alpha value is -0.100. The van der Waals surface area contributed by atoms with Gasteiger partial charge in [0.2, 0.25) is 0 Å². The summed E-state index contributed by atoms with van der Waals surface area (Å²) in [7, 11) is 0. The normalized spacial score (nSPS) is 27.9. The lowest BCUT2D eigenvalue weighted by Gasteiger charge is -2.23. The van der Waals surface area contributed by atoms with Crippen LogP contribution in [-0.2, 0) is 11.3 Å². The zero-order valence-corrected chi connectivity index (χ0v) is 11.5. The topological polar surface area (TPSA) is 27.1 Å². The molecule has 1 aromatic heterocycles. The van der Waals surface area contributed by atoms with E-state index in [9.17, 15) is 0 Å². The van der Waals surface area contributed by atoms with Gasteiger partial charge in [0.05, 0.1) is 28.0 Å². The molecular formula is C12H17IN2O. The van der Waals surface area contributed by atoms with E-state index in [0.29, 0.717) is 6.10 Å². The summed E-state index contributed by atoms with van der Waals surface area (Å²) in [5.41, 5.74) is 0.255. The van der Waals surface area contributed by atoms with Crippen molar-refractivity contribution in [3.05, 3.63) is 16.0 Å². The van der Waals surface area contributed by atoms with Gasteiger partial charge in [-0.3, -0.25) is 4.68 Å². The third-order valence-corrected chi connectivity index (χ3v) is 4.40. The van der Waals surface area contributed by atoms with Crippen molar-refractivity contribution in [2.45, 2.75) is 56.8 Å². The van der Waals surface area contributed by atoms with Crippen molar-refractivity contribution < 1.29 is 4.74 Å². The Bertz CT molecular complexity index is 371. The number of aromatic nitrogens is 2. The number of rotatable bonds is 2. The molecule has 1 unspecified atom stereocenters. The zero-order valence-electron chi connectivity index (χ0n) is 9.36. The quantitative estimate of drug-likeness (QED) is 0.779. The largest absolute Gasteiger partial charge is 0.370 e. The Morgan fingerprint density at radius 3 is 2.94 bits per heavy atom. The standard InChI is InChI=1S/C12H17IN2O/c13-10-7-14-15(8-10)9-11-3-6-12(16-11)4-1-2-5-12/h7-8,11H,1-6,9H2. The maximum atomic E-state index is 6.26. The van der Waals surface area contributed by atoms with Gasteiger partial charge in [0.25, 0.3) is 0 Å². The van der Waals surface area contributed by atoms with Gasteiger partial charge in [-0.2, -0.15) is 5.10 Å². The fourth-order valence-corrected chi connectivity index (χ4v) is 3.50. The number of ether oxygens (including phenoxy) is 1. The highest BCUT2D eigenvalue weighted by atomic mass is 127. The van der Waals surface area contributed by atoms with Crippen molar-refractivity contribution in [3.8, 4) is 0 Å². The number of hydrogen-bond acceptors (Lipinski definition) is 2. The van der Waals surface area contributed by atoms with Crippen LogP contribution < -0.4 is 0 Å². The minimum absolute atomic E-state index is 0.255. The molecule has 0 radical (unpaired) electrons. The molecule has 1 saturated carbocycles. The molecule has 3 nitrogen and oxygen atoms in total. The van der Waals surface area contributed by atoms with Crippen LogP contribution in [0, 0.1) is 3.57 Å². The molecule has 1 aromatic rings. The maximum Gasteiger partial charge on any atom is 0.0779 e. The van der Waals surface area contributed by atoms with Crippen LogP contribution in [0.15, 0.2) is 12.4 Å². The molecular weight excluding hydrogens is 315 g/mol. The molecule has 0 N–H and O–H groups in total. The molecule has 88 valence electrons. The summed E-state index contributed by atoms with van der Waals surface area (Å²) >= 11 is 2.29. The summed E-state index contributed by atoms with van der Waals surface area (Å²) in [6, 6.07) is 0. The van der Waals surface area contributed by atoms with Gasteiger partial charge in [-0.1, -0.05) is 12.8 Å². The van der Waals surface area contributed by atoms with E-state index in [1.807, 2.05) is 10.9 Å². The lowest BCUT2D eigenvalue weighted by atomic mass is 9.98. The van der Waals surface area contributed by atoms with Crippen LogP contribution in [-0.4, -0.2) is 21.5 Å². The number of halogens is 1. The molecule has 1 saturated heterocycles. The monoisotopic (exact) mass is 332 g/mol. The molecule has 16 heavy (non-hydrogen) atoms. The predicted molar refractivity (Wildman–Crippen MR) is 70.3 cm³/mol. The molecule has 1 atom stereocenters. The molecule has 2 aliphatic rings. The molecule has 1 aliphatic heterocycles. The van der Waals surface area contributed by atoms with E-state index in [1.54, 1.807) is 0 Å². The zero-order chi connectivity index (χ0) is 11.0. The third kappa shape index (κ3) is 2.14. The van der Waals surface area contributed by atoms with Gasteiger partial charge in [-0.15, -0.1) is 0 Å². The molecule has 0 aromatic carbocycles.